The van der Waals surface area contributed by atoms with Gasteiger partial charge in [-0.1, -0.05) is 45.1 Å². The summed E-state index contributed by atoms with van der Waals surface area (Å²) < 4.78 is 43.2. The SMILES string of the molecule is CC(C)[C@@H](CCO)NC(=S)Nc1cc(F)c(Oc2ccnc3c2c(Cl)cn3COCC[Si](C)(C)C)c(F)c1. The smallest absolute Gasteiger partial charge is 0.198 e. The van der Waals surface area contributed by atoms with Gasteiger partial charge in [0.1, 0.15) is 18.1 Å². The van der Waals surface area contributed by atoms with Gasteiger partial charge in [-0.2, -0.15) is 0 Å². The van der Waals surface area contributed by atoms with E-state index in [9.17, 15) is 13.9 Å². The van der Waals surface area contributed by atoms with E-state index in [2.05, 4.69) is 35.3 Å². The molecule has 1 aromatic carbocycles. The summed E-state index contributed by atoms with van der Waals surface area (Å²) in [5.74, 6) is -2.04. The first kappa shape index (κ1) is 30.2. The van der Waals surface area contributed by atoms with Crippen LogP contribution < -0.4 is 15.4 Å². The maximum Gasteiger partial charge on any atom is 0.198 e. The number of thiocarbonyl (C=S) groups is 1. The average molecular weight is 585 g/mol. The van der Waals surface area contributed by atoms with Crippen LogP contribution in [0.4, 0.5) is 14.5 Å². The lowest BCUT2D eigenvalue weighted by Crippen LogP contribution is -2.41. The van der Waals surface area contributed by atoms with Crippen molar-refractivity contribution < 1.29 is 23.4 Å². The molecular weight excluding hydrogens is 550 g/mol. The Morgan fingerprint density at radius 3 is 2.53 bits per heavy atom. The molecule has 0 aliphatic heterocycles. The predicted molar refractivity (Wildman–Crippen MR) is 155 cm³/mol. The molecule has 3 N–H and O–H groups in total. The van der Waals surface area contributed by atoms with E-state index < -0.39 is 25.5 Å². The lowest BCUT2D eigenvalue weighted by molar-refractivity contribution is 0.0899. The topological polar surface area (TPSA) is 80.6 Å². The zero-order valence-electron chi connectivity index (χ0n) is 22.3. The maximum absolute atomic E-state index is 15.0. The molecular formula is C26H35ClF2N4O3SSi. The van der Waals surface area contributed by atoms with E-state index in [0.29, 0.717) is 29.1 Å². The van der Waals surface area contributed by atoms with Crippen molar-refractivity contribution in [2.24, 2.45) is 5.92 Å². The molecule has 0 bridgehead atoms. The van der Waals surface area contributed by atoms with Crippen LogP contribution in [0.5, 0.6) is 11.5 Å². The van der Waals surface area contributed by atoms with Crippen molar-refractivity contribution in [2.45, 2.75) is 58.7 Å². The van der Waals surface area contributed by atoms with Crippen LogP contribution in [0.1, 0.15) is 20.3 Å². The Balaban J connectivity index is 1.76. The highest BCUT2D eigenvalue weighted by molar-refractivity contribution is 7.80. The zero-order valence-corrected chi connectivity index (χ0v) is 24.8. The highest BCUT2D eigenvalue weighted by atomic mass is 35.5. The number of ether oxygens (including phenoxy) is 2. The third-order valence-electron chi connectivity index (χ3n) is 5.93. The van der Waals surface area contributed by atoms with Crippen molar-refractivity contribution in [3.8, 4) is 11.5 Å². The number of pyridine rings is 1. The van der Waals surface area contributed by atoms with Gasteiger partial charge in [-0.25, -0.2) is 13.8 Å². The van der Waals surface area contributed by atoms with Gasteiger partial charge in [0.25, 0.3) is 0 Å². The van der Waals surface area contributed by atoms with Gasteiger partial charge < -0.3 is 29.8 Å². The van der Waals surface area contributed by atoms with Crippen molar-refractivity contribution in [1.29, 1.82) is 0 Å². The summed E-state index contributed by atoms with van der Waals surface area (Å²) in [5.41, 5.74) is 0.606. The molecule has 0 aliphatic rings. The van der Waals surface area contributed by atoms with Gasteiger partial charge in [0.15, 0.2) is 22.5 Å². The van der Waals surface area contributed by atoms with Crippen molar-refractivity contribution in [3.05, 3.63) is 47.2 Å². The lowest BCUT2D eigenvalue weighted by Gasteiger charge is -2.23. The van der Waals surface area contributed by atoms with E-state index in [1.54, 1.807) is 10.8 Å². The van der Waals surface area contributed by atoms with Gasteiger partial charge in [-0.3, -0.25) is 0 Å². The van der Waals surface area contributed by atoms with Crippen LogP contribution in [-0.4, -0.2) is 47.1 Å². The second kappa shape index (κ2) is 13.2. The highest BCUT2D eigenvalue weighted by Gasteiger charge is 2.20. The first-order chi connectivity index (χ1) is 17.9. The number of hydrogen-bond acceptors (Lipinski definition) is 5. The fourth-order valence-electron chi connectivity index (χ4n) is 3.75. The van der Waals surface area contributed by atoms with Crippen molar-refractivity contribution >= 4 is 53.7 Å². The number of fused-ring (bicyclic) bond motifs is 1. The molecule has 0 fully saturated rings. The molecule has 0 unspecified atom stereocenters. The van der Waals surface area contributed by atoms with E-state index in [-0.39, 0.29) is 41.8 Å². The van der Waals surface area contributed by atoms with Crippen LogP contribution in [0.25, 0.3) is 11.0 Å². The molecule has 2 aromatic heterocycles. The summed E-state index contributed by atoms with van der Waals surface area (Å²) in [6.45, 7) is 11.7. The molecule has 1 atom stereocenters. The summed E-state index contributed by atoms with van der Waals surface area (Å²) in [6.07, 6.45) is 3.64. The Morgan fingerprint density at radius 2 is 1.92 bits per heavy atom. The van der Waals surface area contributed by atoms with Gasteiger partial charge >= 0.3 is 0 Å². The molecule has 7 nitrogen and oxygen atoms in total. The largest absolute Gasteiger partial charge is 0.450 e. The van der Waals surface area contributed by atoms with E-state index in [0.717, 1.165) is 18.2 Å². The number of rotatable bonds is 12. The molecule has 0 saturated carbocycles. The number of halogens is 3. The Bertz CT molecular complexity index is 1250. The molecule has 3 aromatic rings. The van der Waals surface area contributed by atoms with Gasteiger partial charge in [0.2, 0.25) is 0 Å². The van der Waals surface area contributed by atoms with Crippen LogP contribution in [0.15, 0.2) is 30.6 Å². The van der Waals surface area contributed by atoms with Crippen molar-refractivity contribution in [3.63, 3.8) is 0 Å². The van der Waals surface area contributed by atoms with Crippen molar-refractivity contribution in [1.82, 2.24) is 14.9 Å². The van der Waals surface area contributed by atoms with Crippen LogP contribution in [0, 0.1) is 17.6 Å². The fraction of sp³-hybridized carbons (Fsp3) is 0.462. The molecule has 0 amide bonds. The average Bonchev–Trinajstić information content (AvgIpc) is 3.14. The molecule has 208 valence electrons. The number of benzene rings is 1. The monoisotopic (exact) mass is 584 g/mol. The molecule has 12 heteroatoms. The Labute approximate surface area is 233 Å². The van der Waals surface area contributed by atoms with Crippen LogP contribution in [0.2, 0.25) is 30.7 Å². The van der Waals surface area contributed by atoms with E-state index >= 15 is 0 Å². The first-order valence-electron chi connectivity index (χ1n) is 12.5. The van der Waals surface area contributed by atoms with Gasteiger partial charge in [0, 0.05) is 57.5 Å². The highest BCUT2D eigenvalue weighted by Crippen LogP contribution is 2.37. The van der Waals surface area contributed by atoms with Gasteiger partial charge in [-0.05, 0) is 36.7 Å². The van der Waals surface area contributed by atoms with Gasteiger partial charge in [-0.15, -0.1) is 0 Å². The number of aliphatic hydroxyl groups is 1. The molecule has 2 heterocycles. The van der Waals surface area contributed by atoms with Crippen LogP contribution >= 0.6 is 23.8 Å². The minimum Gasteiger partial charge on any atom is -0.450 e. The standard InChI is InChI=1S/C26H35ClF2N4O3SSi/c1-16(2)21(7-9-34)32-26(37)31-17-12-19(28)24(20(29)13-17)36-22-6-8-30-25-23(22)18(27)14-33(25)15-35-10-11-38(3,4)5/h6,8,12-14,16,21,34H,7,9-11,15H2,1-5H3,(H2,31,32,37)/t21-/m1/s1. The second-order valence-corrected chi connectivity index (χ2v) is 17.1. The zero-order chi connectivity index (χ0) is 28.0. The summed E-state index contributed by atoms with van der Waals surface area (Å²) in [4.78, 5) is 4.37. The van der Waals surface area contributed by atoms with Crippen LogP contribution in [0.3, 0.4) is 0 Å². The Kier molecular flexibility index (Phi) is 10.5. The lowest BCUT2D eigenvalue weighted by atomic mass is 10.0. The molecule has 3 rings (SSSR count). The summed E-state index contributed by atoms with van der Waals surface area (Å²) in [7, 11) is -1.23. The molecule has 0 aliphatic carbocycles. The summed E-state index contributed by atoms with van der Waals surface area (Å²) in [5, 5.41) is 16.0. The van der Waals surface area contributed by atoms with E-state index in [1.165, 1.54) is 12.3 Å². The fourth-order valence-corrected chi connectivity index (χ4v) is 5.07. The quantitative estimate of drug-likeness (QED) is 0.123. The molecule has 38 heavy (non-hydrogen) atoms. The number of aliphatic hydroxyl groups excluding tert-OH is 1. The minimum absolute atomic E-state index is 0.00491. The minimum atomic E-state index is -1.23. The number of nitrogens with one attached hydrogen (secondary N) is 2. The number of nitrogens with zero attached hydrogens (tertiary/aromatic N) is 2. The maximum atomic E-state index is 15.0. The van der Waals surface area contributed by atoms with Crippen LogP contribution in [-0.2, 0) is 11.5 Å². The number of anilines is 1. The molecule has 0 radical (unpaired) electrons. The number of aromatic nitrogens is 2. The van der Waals surface area contributed by atoms with E-state index in [4.69, 9.17) is 33.3 Å². The Morgan fingerprint density at radius 1 is 1.24 bits per heavy atom. The Hall–Kier alpha value is -2.31. The van der Waals surface area contributed by atoms with Crippen molar-refractivity contribution in [2.75, 3.05) is 18.5 Å². The predicted octanol–water partition coefficient (Wildman–Crippen LogP) is 6.77. The normalized spacial score (nSPS) is 12.7. The third kappa shape index (κ3) is 8.09. The van der Waals surface area contributed by atoms with E-state index in [1.807, 2.05) is 13.8 Å². The first-order valence-corrected chi connectivity index (χ1v) is 16.9. The third-order valence-corrected chi connectivity index (χ3v) is 8.14. The second-order valence-electron chi connectivity index (χ2n) is 10.6. The number of hydrogen-bond donors (Lipinski definition) is 3. The summed E-state index contributed by atoms with van der Waals surface area (Å²) in [6, 6.07) is 4.63. The van der Waals surface area contributed by atoms with Gasteiger partial charge in [0.05, 0.1) is 10.4 Å². The molecule has 0 spiro atoms. The summed E-state index contributed by atoms with van der Waals surface area (Å²) >= 11 is 11.7. The molecule has 0 saturated heterocycles.